The van der Waals surface area contributed by atoms with Gasteiger partial charge in [-0.25, -0.2) is 9.37 Å². The van der Waals surface area contributed by atoms with E-state index in [1.165, 1.54) is 6.07 Å². The fourth-order valence-corrected chi connectivity index (χ4v) is 4.43. The summed E-state index contributed by atoms with van der Waals surface area (Å²) in [5.41, 5.74) is 1.92. The van der Waals surface area contributed by atoms with Gasteiger partial charge in [0.15, 0.2) is 5.82 Å². The van der Waals surface area contributed by atoms with Crippen LogP contribution < -0.4 is 10.2 Å². The summed E-state index contributed by atoms with van der Waals surface area (Å²) in [6, 6.07) is 4.94. The third-order valence-electron chi connectivity index (χ3n) is 5.38. The summed E-state index contributed by atoms with van der Waals surface area (Å²) < 4.78 is 20.2. The van der Waals surface area contributed by atoms with Gasteiger partial charge in [-0.05, 0) is 44.4 Å². The second-order valence-corrected chi connectivity index (χ2v) is 8.86. The second kappa shape index (κ2) is 9.55. The van der Waals surface area contributed by atoms with Crippen LogP contribution in [0.3, 0.4) is 0 Å². The van der Waals surface area contributed by atoms with Gasteiger partial charge in [0.1, 0.15) is 5.82 Å². The highest BCUT2D eigenvalue weighted by Crippen LogP contribution is 2.29. The van der Waals surface area contributed by atoms with E-state index in [1.54, 1.807) is 23.5 Å². The first-order valence-electron chi connectivity index (χ1n) is 10.6. The van der Waals surface area contributed by atoms with Gasteiger partial charge in [-0.15, -0.1) is 11.3 Å². The second-order valence-electron chi connectivity index (χ2n) is 7.79. The topological polar surface area (TPSA) is 84.2 Å². The molecule has 1 aliphatic heterocycles. The first kappa shape index (κ1) is 21.4. The molecular weight excluding hydrogens is 417 g/mol. The Labute approximate surface area is 184 Å². The highest BCUT2D eigenvalue weighted by molar-refractivity contribution is 7.09. The van der Waals surface area contributed by atoms with Crippen LogP contribution in [0.5, 0.6) is 0 Å². The molecule has 3 aromatic rings. The third kappa shape index (κ3) is 5.10. The Bertz CT molecular complexity index is 1050. The van der Waals surface area contributed by atoms with Crippen molar-refractivity contribution in [3.05, 3.63) is 45.9 Å². The predicted molar refractivity (Wildman–Crippen MR) is 117 cm³/mol. The van der Waals surface area contributed by atoms with Gasteiger partial charge in [0.2, 0.25) is 5.91 Å². The number of carbonyl (C=O) groups excluding carboxylic acids is 1. The summed E-state index contributed by atoms with van der Waals surface area (Å²) in [6.07, 6.45) is 3.27. The van der Waals surface area contributed by atoms with Gasteiger partial charge >= 0.3 is 0 Å². The lowest BCUT2D eigenvalue weighted by Gasteiger charge is -2.34. The Morgan fingerprint density at radius 3 is 3.00 bits per heavy atom. The van der Waals surface area contributed by atoms with Crippen molar-refractivity contribution < 1.29 is 13.7 Å². The van der Waals surface area contributed by atoms with Gasteiger partial charge in [-0.3, -0.25) is 4.79 Å². The molecule has 0 aliphatic carbocycles. The number of hydrogen-bond acceptors (Lipinski definition) is 7. The Hall–Kier alpha value is -2.81. The van der Waals surface area contributed by atoms with E-state index in [0.717, 1.165) is 36.4 Å². The molecule has 1 aliphatic rings. The molecule has 0 spiro atoms. The molecular formula is C22H26FN5O2S. The SMILES string of the molecule is CCCc1noc(-c2ccc(N3CCCC(C(=O)NCc4csc(C)n4)C3)c(F)c2)n1. The minimum atomic E-state index is -0.355. The third-order valence-corrected chi connectivity index (χ3v) is 6.20. The van der Waals surface area contributed by atoms with Crippen LogP contribution in [0.25, 0.3) is 11.5 Å². The smallest absolute Gasteiger partial charge is 0.258 e. The number of halogens is 1. The molecule has 1 fully saturated rings. The molecule has 1 amide bonds. The normalized spacial score (nSPS) is 16.5. The van der Waals surface area contributed by atoms with Gasteiger partial charge in [0, 0.05) is 30.5 Å². The number of nitrogens with one attached hydrogen (secondary N) is 1. The molecule has 1 saturated heterocycles. The number of hydrogen-bond donors (Lipinski definition) is 1. The Morgan fingerprint density at radius 1 is 1.39 bits per heavy atom. The Kier molecular flexibility index (Phi) is 6.60. The van der Waals surface area contributed by atoms with E-state index in [1.807, 2.05) is 24.1 Å². The minimum Gasteiger partial charge on any atom is -0.368 e. The maximum absolute atomic E-state index is 14.9. The molecule has 0 bridgehead atoms. The van der Waals surface area contributed by atoms with E-state index >= 15 is 0 Å². The van der Waals surface area contributed by atoms with Gasteiger partial charge in [0.05, 0.1) is 28.9 Å². The number of piperidine rings is 1. The Balaban J connectivity index is 1.40. The largest absolute Gasteiger partial charge is 0.368 e. The number of rotatable bonds is 7. The molecule has 164 valence electrons. The van der Waals surface area contributed by atoms with Crippen molar-refractivity contribution in [1.29, 1.82) is 0 Å². The lowest BCUT2D eigenvalue weighted by Crippen LogP contribution is -2.43. The van der Waals surface area contributed by atoms with Crippen molar-refractivity contribution >= 4 is 22.9 Å². The lowest BCUT2D eigenvalue weighted by atomic mass is 9.96. The van der Waals surface area contributed by atoms with E-state index < -0.39 is 0 Å². The maximum atomic E-state index is 14.9. The van der Waals surface area contributed by atoms with Crippen molar-refractivity contribution in [2.75, 3.05) is 18.0 Å². The number of carbonyl (C=O) groups is 1. The van der Waals surface area contributed by atoms with Crippen LogP contribution in [-0.4, -0.2) is 34.1 Å². The number of benzene rings is 1. The zero-order valence-electron chi connectivity index (χ0n) is 17.7. The number of aryl methyl sites for hydroxylation is 2. The van der Waals surface area contributed by atoms with Gasteiger partial charge < -0.3 is 14.7 Å². The zero-order valence-corrected chi connectivity index (χ0v) is 18.5. The maximum Gasteiger partial charge on any atom is 0.258 e. The van der Waals surface area contributed by atoms with Gasteiger partial charge in [-0.1, -0.05) is 12.1 Å². The number of nitrogens with zero attached hydrogens (tertiary/aromatic N) is 4. The fraction of sp³-hybridized carbons (Fsp3) is 0.455. The molecule has 1 N–H and O–H groups in total. The van der Waals surface area contributed by atoms with Crippen molar-refractivity contribution in [3.8, 4) is 11.5 Å². The molecule has 0 radical (unpaired) electrons. The zero-order chi connectivity index (χ0) is 21.8. The van der Waals surface area contributed by atoms with Crippen LogP contribution in [-0.2, 0) is 17.8 Å². The average Bonchev–Trinajstić information content (AvgIpc) is 3.41. The summed E-state index contributed by atoms with van der Waals surface area (Å²) >= 11 is 1.57. The first-order chi connectivity index (χ1) is 15.0. The van der Waals surface area contributed by atoms with Crippen LogP contribution in [0.15, 0.2) is 28.1 Å². The van der Waals surface area contributed by atoms with Crippen LogP contribution in [0.1, 0.15) is 42.7 Å². The molecule has 1 unspecified atom stereocenters. The van der Waals surface area contributed by atoms with Crippen LogP contribution in [0, 0.1) is 18.7 Å². The van der Waals surface area contributed by atoms with E-state index in [9.17, 15) is 9.18 Å². The standard InChI is InChI=1S/C22H26FN5O2S/c1-3-5-20-26-22(30-27-20)15-7-8-19(18(23)10-15)28-9-4-6-16(12-28)21(29)24-11-17-13-31-14(2)25-17/h7-8,10,13,16H,3-6,9,11-12H2,1-2H3,(H,24,29). The highest BCUT2D eigenvalue weighted by Gasteiger charge is 2.27. The van der Waals surface area contributed by atoms with E-state index in [2.05, 4.69) is 20.4 Å². The lowest BCUT2D eigenvalue weighted by molar-refractivity contribution is -0.125. The van der Waals surface area contributed by atoms with Gasteiger partial charge in [0.25, 0.3) is 5.89 Å². The number of amides is 1. The van der Waals surface area contributed by atoms with Crippen LogP contribution >= 0.6 is 11.3 Å². The molecule has 4 rings (SSSR count). The van der Waals surface area contributed by atoms with Crippen molar-refractivity contribution in [2.45, 2.75) is 46.1 Å². The van der Waals surface area contributed by atoms with Crippen molar-refractivity contribution in [3.63, 3.8) is 0 Å². The van der Waals surface area contributed by atoms with Crippen LogP contribution in [0.2, 0.25) is 0 Å². The highest BCUT2D eigenvalue weighted by atomic mass is 32.1. The van der Waals surface area contributed by atoms with Crippen molar-refractivity contribution in [2.24, 2.45) is 5.92 Å². The fourth-order valence-electron chi connectivity index (χ4n) is 3.81. The minimum absolute atomic E-state index is 0.0123. The summed E-state index contributed by atoms with van der Waals surface area (Å²) in [6.45, 7) is 5.60. The summed E-state index contributed by atoms with van der Waals surface area (Å²) in [5.74, 6) is 0.398. The van der Waals surface area contributed by atoms with Crippen LogP contribution in [0.4, 0.5) is 10.1 Å². The monoisotopic (exact) mass is 443 g/mol. The number of thiazole rings is 1. The summed E-state index contributed by atoms with van der Waals surface area (Å²) in [5, 5.41) is 9.83. The predicted octanol–water partition coefficient (Wildman–Crippen LogP) is 4.13. The number of aromatic nitrogens is 3. The number of anilines is 1. The van der Waals surface area contributed by atoms with Gasteiger partial charge in [-0.2, -0.15) is 4.98 Å². The molecule has 7 nitrogen and oxygen atoms in total. The molecule has 3 heterocycles. The Morgan fingerprint density at radius 2 is 2.26 bits per heavy atom. The average molecular weight is 444 g/mol. The van der Waals surface area contributed by atoms with E-state index in [0.29, 0.717) is 42.6 Å². The first-order valence-corrected chi connectivity index (χ1v) is 11.5. The van der Waals surface area contributed by atoms with Crippen molar-refractivity contribution in [1.82, 2.24) is 20.4 Å². The van der Waals surface area contributed by atoms with E-state index in [-0.39, 0.29) is 17.6 Å². The molecule has 9 heteroatoms. The van der Waals surface area contributed by atoms with E-state index in [4.69, 9.17) is 4.52 Å². The molecule has 31 heavy (non-hydrogen) atoms. The molecule has 1 aromatic carbocycles. The molecule has 2 aromatic heterocycles. The summed E-state index contributed by atoms with van der Waals surface area (Å²) in [4.78, 5) is 23.3. The summed E-state index contributed by atoms with van der Waals surface area (Å²) in [7, 11) is 0. The molecule has 1 atom stereocenters. The quantitative estimate of drug-likeness (QED) is 0.591. The molecule has 0 saturated carbocycles.